The molecule has 0 aliphatic heterocycles. The smallest absolute Gasteiger partial charge is 0.255 e. The van der Waals surface area contributed by atoms with Gasteiger partial charge in [0.05, 0.1) is 40.8 Å². The van der Waals surface area contributed by atoms with Crippen molar-refractivity contribution in [1.29, 1.82) is 0 Å². The molecule has 0 radical (unpaired) electrons. The summed E-state index contributed by atoms with van der Waals surface area (Å²) >= 11 is 9.61. The summed E-state index contributed by atoms with van der Waals surface area (Å²) in [5.74, 6) is -0.620. The lowest BCUT2D eigenvalue weighted by molar-refractivity contribution is 0.102. The van der Waals surface area contributed by atoms with Gasteiger partial charge in [-0.1, -0.05) is 29.8 Å². The number of carbonyl (C=O) groups is 1. The third kappa shape index (κ3) is 4.92. The van der Waals surface area contributed by atoms with E-state index in [0.717, 1.165) is 27.0 Å². The van der Waals surface area contributed by atoms with E-state index in [4.69, 9.17) is 11.6 Å². The zero-order chi connectivity index (χ0) is 22.8. The highest BCUT2D eigenvalue weighted by molar-refractivity contribution is 9.10. The molecular formula is C23H20BrClFN5O. The maximum atomic E-state index is 13.2. The van der Waals surface area contributed by atoms with E-state index in [0.29, 0.717) is 29.4 Å². The molecule has 2 heterocycles. The lowest BCUT2D eigenvalue weighted by Gasteiger charge is -2.07. The van der Waals surface area contributed by atoms with Gasteiger partial charge in [0, 0.05) is 16.8 Å². The summed E-state index contributed by atoms with van der Waals surface area (Å²) in [5.41, 5.74) is 4.88. The van der Waals surface area contributed by atoms with Crippen LogP contribution in [0.25, 0.3) is 0 Å². The Bertz CT molecular complexity index is 1280. The number of nitrogens with one attached hydrogen (secondary N) is 1. The summed E-state index contributed by atoms with van der Waals surface area (Å²) in [5, 5.41) is 11.9. The average Bonchev–Trinajstić information content (AvgIpc) is 3.30. The van der Waals surface area contributed by atoms with Crippen LogP contribution in [0.3, 0.4) is 0 Å². The Kier molecular flexibility index (Phi) is 6.43. The Hall–Kier alpha value is -2.97. The SMILES string of the molecule is Cc1nn(Cc2ccc(C(=O)Nc3cnn(Cc4ccc(F)cc4Cl)c3)cc2)c(C)c1Br. The van der Waals surface area contributed by atoms with Crippen molar-refractivity contribution in [2.24, 2.45) is 0 Å². The molecule has 0 saturated carbocycles. The highest BCUT2D eigenvalue weighted by Crippen LogP contribution is 2.21. The van der Waals surface area contributed by atoms with Crippen LogP contribution in [0.2, 0.25) is 5.02 Å². The first-order valence-electron chi connectivity index (χ1n) is 9.86. The van der Waals surface area contributed by atoms with Crippen LogP contribution in [0.15, 0.2) is 59.3 Å². The van der Waals surface area contributed by atoms with E-state index < -0.39 is 0 Å². The van der Waals surface area contributed by atoms with E-state index >= 15 is 0 Å². The summed E-state index contributed by atoms with van der Waals surface area (Å²) in [6.45, 7) is 4.96. The molecule has 4 rings (SSSR count). The average molecular weight is 517 g/mol. The molecule has 164 valence electrons. The highest BCUT2D eigenvalue weighted by atomic mass is 79.9. The number of hydrogen-bond acceptors (Lipinski definition) is 3. The Labute approximate surface area is 198 Å². The molecule has 1 N–H and O–H groups in total. The van der Waals surface area contributed by atoms with Gasteiger partial charge < -0.3 is 5.32 Å². The van der Waals surface area contributed by atoms with Crippen molar-refractivity contribution in [3.63, 3.8) is 0 Å². The zero-order valence-electron chi connectivity index (χ0n) is 17.4. The van der Waals surface area contributed by atoms with Crippen LogP contribution >= 0.6 is 27.5 Å². The minimum atomic E-state index is -0.388. The molecule has 9 heteroatoms. The number of anilines is 1. The second kappa shape index (κ2) is 9.26. The fraction of sp³-hybridized carbons (Fsp3) is 0.174. The van der Waals surface area contributed by atoms with Gasteiger partial charge in [-0.2, -0.15) is 10.2 Å². The second-order valence-corrected chi connectivity index (χ2v) is 8.66. The summed E-state index contributed by atoms with van der Waals surface area (Å²) in [6, 6.07) is 11.6. The van der Waals surface area contributed by atoms with Crippen LogP contribution in [0.5, 0.6) is 0 Å². The number of amides is 1. The number of hydrogen-bond donors (Lipinski definition) is 1. The minimum absolute atomic E-state index is 0.232. The standard InChI is InChI=1S/C23H20BrClFN5O/c1-14-22(24)15(2)31(29-14)11-16-3-5-17(6-4-16)23(32)28-20-10-27-30(13-20)12-18-7-8-19(26)9-21(18)25/h3-10,13H,11-12H2,1-2H3,(H,28,32). The molecule has 2 aromatic heterocycles. The highest BCUT2D eigenvalue weighted by Gasteiger charge is 2.11. The van der Waals surface area contributed by atoms with E-state index in [1.807, 2.05) is 30.7 Å². The number of benzene rings is 2. The predicted octanol–water partition coefficient (Wildman–Crippen LogP) is 5.60. The van der Waals surface area contributed by atoms with Crippen LogP contribution in [0, 0.1) is 19.7 Å². The van der Waals surface area contributed by atoms with Crippen molar-refractivity contribution in [3.05, 3.63) is 98.2 Å². The molecule has 4 aromatic rings. The molecule has 0 spiro atoms. The van der Waals surface area contributed by atoms with Crippen molar-refractivity contribution in [3.8, 4) is 0 Å². The van der Waals surface area contributed by atoms with Gasteiger partial charge in [-0.3, -0.25) is 14.2 Å². The summed E-state index contributed by atoms with van der Waals surface area (Å²) in [7, 11) is 0. The second-order valence-electron chi connectivity index (χ2n) is 7.46. The first kappa shape index (κ1) is 22.2. The quantitative estimate of drug-likeness (QED) is 0.363. The van der Waals surface area contributed by atoms with Crippen LogP contribution in [-0.4, -0.2) is 25.5 Å². The Morgan fingerprint density at radius 1 is 1.16 bits per heavy atom. The van der Waals surface area contributed by atoms with Gasteiger partial charge in [0.1, 0.15) is 5.82 Å². The number of nitrogens with zero attached hydrogens (tertiary/aromatic N) is 4. The first-order valence-corrected chi connectivity index (χ1v) is 11.0. The lowest BCUT2D eigenvalue weighted by Crippen LogP contribution is -2.12. The Balaban J connectivity index is 1.39. The van der Waals surface area contributed by atoms with Gasteiger partial charge >= 0.3 is 0 Å². The van der Waals surface area contributed by atoms with E-state index in [-0.39, 0.29) is 11.7 Å². The molecule has 1 amide bonds. The van der Waals surface area contributed by atoms with Gasteiger partial charge in [-0.25, -0.2) is 4.39 Å². The topological polar surface area (TPSA) is 64.7 Å². The van der Waals surface area contributed by atoms with Crippen LogP contribution in [0.4, 0.5) is 10.1 Å². The maximum Gasteiger partial charge on any atom is 0.255 e. The zero-order valence-corrected chi connectivity index (χ0v) is 19.8. The van der Waals surface area contributed by atoms with Crippen molar-refractivity contribution >= 4 is 39.1 Å². The molecular weight excluding hydrogens is 497 g/mol. The maximum absolute atomic E-state index is 13.2. The summed E-state index contributed by atoms with van der Waals surface area (Å²) in [4.78, 5) is 12.6. The molecule has 32 heavy (non-hydrogen) atoms. The van der Waals surface area contributed by atoms with Crippen LogP contribution < -0.4 is 5.32 Å². The van der Waals surface area contributed by atoms with Crippen LogP contribution in [-0.2, 0) is 13.1 Å². The van der Waals surface area contributed by atoms with Crippen molar-refractivity contribution in [2.75, 3.05) is 5.32 Å². The normalized spacial score (nSPS) is 11.0. The fourth-order valence-corrected chi connectivity index (χ4v) is 3.82. The van der Waals surface area contributed by atoms with Crippen molar-refractivity contribution in [2.45, 2.75) is 26.9 Å². The van der Waals surface area contributed by atoms with Gasteiger partial charge in [0.15, 0.2) is 0 Å². The molecule has 0 unspecified atom stereocenters. The number of carbonyl (C=O) groups excluding carboxylic acids is 1. The third-order valence-corrected chi connectivity index (χ3v) is 6.58. The number of halogens is 3. The molecule has 0 bridgehead atoms. The molecule has 0 saturated heterocycles. The van der Waals surface area contributed by atoms with E-state index in [9.17, 15) is 9.18 Å². The number of aryl methyl sites for hydroxylation is 1. The lowest BCUT2D eigenvalue weighted by atomic mass is 10.1. The molecule has 0 atom stereocenters. The van der Waals surface area contributed by atoms with Gasteiger partial charge in [0.2, 0.25) is 0 Å². The van der Waals surface area contributed by atoms with Gasteiger partial charge in [-0.05, 0) is 65.2 Å². The fourth-order valence-electron chi connectivity index (χ4n) is 3.31. The minimum Gasteiger partial charge on any atom is -0.319 e. The van der Waals surface area contributed by atoms with E-state index in [1.165, 1.54) is 12.1 Å². The molecule has 6 nitrogen and oxygen atoms in total. The number of aromatic nitrogens is 4. The van der Waals surface area contributed by atoms with E-state index in [1.54, 1.807) is 35.3 Å². The Morgan fingerprint density at radius 2 is 1.91 bits per heavy atom. The molecule has 0 aliphatic carbocycles. The molecule has 0 fully saturated rings. The monoisotopic (exact) mass is 515 g/mol. The van der Waals surface area contributed by atoms with Crippen molar-refractivity contribution in [1.82, 2.24) is 19.6 Å². The largest absolute Gasteiger partial charge is 0.319 e. The van der Waals surface area contributed by atoms with Crippen LogP contribution in [0.1, 0.15) is 32.9 Å². The molecule has 0 aliphatic rings. The summed E-state index contributed by atoms with van der Waals surface area (Å²) < 4.78 is 17.8. The van der Waals surface area contributed by atoms with Crippen molar-refractivity contribution < 1.29 is 9.18 Å². The molecule has 2 aromatic carbocycles. The number of rotatable bonds is 6. The summed E-state index contributed by atoms with van der Waals surface area (Å²) in [6.07, 6.45) is 3.26. The van der Waals surface area contributed by atoms with E-state index in [2.05, 4.69) is 31.4 Å². The predicted molar refractivity (Wildman–Crippen MR) is 126 cm³/mol. The van der Waals surface area contributed by atoms with Gasteiger partial charge in [0.25, 0.3) is 5.91 Å². The first-order chi connectivity index (χ1) is 15.3. The van der Waals surface area contributed by atoms with Gasteiger partial charge in [-0.15, -0.1) is 0 Å². The Morgan fingerprint density at radius 3 is 2.56 bits per heavy atom. The third-order valence-electron chi connectivity index (χ3n) is 5.08.